The number of nitrogens with one attached hydrogen (secondary N) is 1. The molecule has 1 aliphatic rings. The number of carbonyl (C=O) groups excluding carboxylic acids is 1. The number of aliphatic carboxylic acids is 1. The Balaban J connectivity index is 1.53. The van der Waals surface area contributed by atoms with E-state index in [4.69, 9.17) is 32.7 Å². The summed E-state index contributed by atoms with van der Waals surface area (Å²) in [6.07, 6.45) is 6.53. The summed E-state index contributed by atoms with van der Waals surface area (Å²) in [7, 11) is 0. The molecule has 0 saturated heterocycles. The molecule has 1 atom stereocenters. The molecule has 0 aliphatic heterocycles. The summed E-state index contributed by atoms with van der Waals surface area (Å²) in [6.45, 7) is 3.49. The number of carboxylic acids is 1. The van der Waals surface area contributed by atoms with Crippen LogP contribution >= 0.6 is 23.2 Å². The van der Waals surface area contributed by atoms with Gasteiger partial charge in [-0.15, -0.1) is 0 Å². The van der Waals surface area contributed by atoms with Gasteiger partial charge in [0.25, 0.3) is 0 Å². The molecule has 1 aliphatic carbocycles. The lowest BCUT2D eigenvalue weighted by Crippen LogP contribution is -2.47. The van der Waals surface area contributed by atoms with Crippen LogP contribution in [0.2, 0.25) is 10.0 Å². The number of amides is 2. The van der Waals surface area contributed by atoms with Crippen molar-refractivity contribution in [2.45, 2.75) is 70.4 Å². The zero-order valence-corrected chi connectivity index (χ0v) is 23.5. The van der Waals surface area contributed by atoms with Crippen LogP contribution in [0.15, 0.2) is 42.5 Å². The summed E-state index contributed by atoms with van der Waals surface area (Å²) >= 11 is 12.3. The predicted molar refractivity (Wildman–Crippen MR) is 150 cm³/mol. The average Bonchev–Trinajstić information content (AvgIpc) is 2.88. The number of benzene rings is 2. The van der Waals surface area contributed by atoms with Gasteiger partial charge in [0.05, 0.1) is 6.54 Å². The van der Waals surface area contributed by atoms with Crippen molar-refractivity contribution in [2.75, 3.05) is 26.3 Å². The SMILES string of the molecule is CCOC(Cc1ccc(OCCN(CCCc2cc(Cl)cc(Cl)c2)C(=O)NC2CCCCC2)cc1)C(=O)O. The van der Waals surface area contributed by atoms with Crippen LogP contribution in [0.1, 0.15) is 56.6 Å². The monoisotopic (exact) mass is 564 g/mol. The lowest BCUT2D eigenvalue weighted by Gasteiger charge is -2.28. The molecule has 0 heterocycles. The molecular weight excluding hydrogens is 527 g/mol. The average molecular weight is 566 g/mol. The Hall–Kier alpha value is -2.48. The Kier molecular flexibility index (Phi) is 12.5. The summed E-state index contributed by atoms with van der Waals surface area (Å²) in [5.41, 5.74) is 1.90. The zero-order valence-electron chi connectivity index (χ0n) is 22.0. The third-order valence-corrected chi connectivity index (χ3v) is 7.09. The molecule has 0 spiro atoms. The van der Waals surface area contributed by atoms with Crippen LogP contribution in [-0.4, -0.2) is 60.5 Å². The van der Waals surface area contributed by atoms with E-state index in [9.17, 15) is 14.7 Å². The third-order valence-electron chi connectivity index (χ3n) is 6.65. The Morgan fingerprint density at radius 1 is 1.03 bits per heavy atom. The molecule has 0 aromatic heterocycles. The van der Waals surface area contributed by atoms with Crippen LogP contribution in [-0.2, 0) is 22.4 Å². The van der Waals surface area contributed by atoms with Gasteiger partial charge < -0.3 is 24.8 Å². The van der Waals surface area contributed by atoms with E-state index in [1.807, 2.05) is 41.3 Å². The molecule has 0 radical (unpaired) electrons. The predicted octanol–water partition coefficient (Wildman–Crippen LogP) is 6.38. The molecule has 1 unspecified atom stereocenters. The summed E-state index contributed by atoms with van der Waals surface area (Å²) in [5, 5.41) is 13.7. The second kappa shape index (κ2) is 15.8. The third kappa shape index (κ3) is 10.4. The Labute approximate surface area is 235 Å². The van der Waals surface area contributed by atoms with Gasteiger partial charge in [-0.05, 0) is 74.1 Å². The van der Waals surface area contributed by atoms with E-state index in [2.05, 4.69) is 5.32 Å². The van der Waals surface area contributed by atoms with Crippen molar-refractivity contribution in [3.63, 3.8) is 0 Å². The van der Waals surface area contributed by atoms with Crippen LogP contribution in [0, 0.1) is 0 Å². The fraction of sp³-hybridized carbons (Fsp3) is 0.517. The minimum Gasteiger partial charge on any atom is -0.492 e. The number of halogens is 2. The summed E-state index contributed by atoms with van der Waals surface area (Å²) in [4.78, 5) is 26.3. The molecule has 208 valence electrons. The van der Waals surface area contributed by atoms with Crippen molar-refractivity contribution < 1.29 is 24.2 Å². The van der Waals surface area contributed by atoms with Crippen molar-refractivity contribution in [2.24, 2.45) is 0 Å². The Morgan fingerprint density at radius 2 is 1.71 bits per heavy atom. The van der Waals surface area contributed by atoms with E-state index in [1.54, 1.807) is 13.0 Å². The van der Waals surface area contributed by atoms with Gasteiger partial charge in [-0.3, -0.25) is 0 Å². The highest BCUT2D eigenvalue weighted by Crippen LogP contribution is 2.21. The Morgan fingerprint density at radius 3 is 2.34 bits per heavy atom. The lowest BCUT2D eigenvalue weighted by atomic mass is 9.96. The van der Waals surface area contributed by atoms with Gasteiger partial charge in [0, 0.05) is 35.7 Å². The summed E-state index contributed by atoms with van der Waals surface area (Å²) < 4.78 is 11.2. The molecule has 2 amide bonds. The largest absolute Gasteiger partial charge is 0.492 e. The quantitative estimate of drug-likeness (QED) is 0.278. The molecular formula is C29H38Cl2N2O5. The van der Waals surface area contributed by atoms with Crippen LogP contribution in [0.4, 0.5) is 4.79 Å². The highest BCUT2D eigenvalue weighted by atomic mass is 35.5. The molecule has 2 N–H and O–H groups in total. The van der Waals surface area contributed by atoms with E-state index in [1.165, 1.54) is 6.42 Å². The number of ether oxygens (including phenoxy) is 2. The summed E-state index contributed by atoms with van der Waals surface area (Å²) in [5.74, 6) is -0.310. The van der Waals surface area contributed by atoms with E-state index < -0.39 is 12.1 Å². The zero-order chi connectivity index (χ0) is 27.3. The van der Waals surface area contributed by atoms with Crippen molar-refractivity contribution in [1.29, 1.82) is 0 Å². The second-order valence-electron chi connectivity index (χ2n) is 9.63. The minimum absolute atomic E-state index is 0.0596. The van der Waals surface area contributed by atoms with Crippen LogP contribution in [0.25, 0.3) is 0 Å². The number of carboxylic acid groups (broad SMARTS) is 1. The topological polar surface area (TPSA) is 88.1 Å². The van der Waals surface area contributed by atoms with Crippen molar-refractivity contribution in [1.82, 2.24) is 10.2 Å². The molecule has 2 aromatic carbocycles. The number of hydrogen-bond acceptors (Lipinski definition) is 4. The van der Waals surface area contributed by atoms with Crippen LogP contribution < -0.4 is 10.1 Å². The minimum atomic E-state index is -0.975. The maximum absolute atomic E-state index is 13.1. The van der Waals surface area contributed by atoms with Crippen LogP contribution in [0.5, 0.6) is 5.75 Å². The first-order valence-electron chi connectivity index (χ1n) is 13.4. The first-order valence-corrected chi connectivity index (χ1v) is 14.2. The van der Waals surface area contributed by atoms with Crippen LogP contribution in [0.3, 0.4) is 0 Å². The molecule has 1 saturated carbocycles. The van der Waals surface area contributed by atoms with Gasteiger partial charge in [0.15, 0.2) is 6.10 Å². The van der Waals surface area contributed by atoms with Crippen molar-refractivity contribution in [3.8, 4) is 5.75 Å². The van der Waals surface area contributed by atoms with Gasteiger partial charge in [-0.1, -0.05) is 54.6 Å². The van der Waals surface area contributed by atoms with E-state index in [-0.39, 0.29) is 18.5 Å². The number of hydrogen-bond donors (Lipinski definition) is 2. The molecule has 3 rings (SSSR count). The van der Waals surface area contributed by atoms with Gasteiger partial charge in [0.1, 0.15) is 12.4 Å². The van der Waals surface area contributed by atoms with Gasteiger partial charge in [-0.2, -0.15) is 0 Å². The highest BCUT2D eigenvalue weighted by Gasteiger charge is 2.20. The number of carbonyl (C=O) groups is 2. The molecule has 2 aromatic rings. The normalized spacial score (nSPS) is 14.6. The fourth-order valence-electron chi connectivity index (χ4n) is 4.69. The van der Waals surface area contributed by atoms with Gasteiger partial charge in [0.2, 0.25) is 0 Å². The first kappa shape index (κ1) is 30.1. The van der Waals surface area contributed by atoms with Gasteiger partial charge >= 0.3 is 12.0 Å². The first-order chi connectivity index (χ1) is 18.3. The van der Waals surface area contributed by atoms with E-state index in [0.717, 1.165) is 49.7 Å². The maximum Gasteiger partial charge on any atom is 0.333 e. The molecule has 1 fully saturated rings. The number of urea groups is 1. The molecule has 0 bridgehead atoms. The van der Waals surface area contributed by atoms with E-state index in [0.29, 0.717) is 42.1 Å². The maximum atomic E-state index is 13.1. The summed E-state index contributed by atoms with van der Waals surface area (Å²) in [6, 6.07) is 13.0. The number of rotatable bonds is 14. The number of nitrogens with zero attached hydrogens (tertiary/aromatic N) is 1. The number of aryl methyl sites for hydroxylation is 1. The fourth-order valence-corrected chi connectivity index (χ4v) is 5.26. The standard InChI is InChI=1S/C29H38Cl2N2O5/c1-2-37-27(28(34)35)19-21-10-12-26(13-11-21)38-16-15-33(29(36)32-25-8-4-3-5-9-25)14-6-7-22-17-23(30)20-24(31)18-22/h10-13,17-18,20,25,27H,2-9,14-16,19H2,1H3,(H,32,36)(H,34,35). The van der Waals surface area contributed by atoms with Gasteiger partial charge in [-0.25, -0.2) is 9.59 Å². The molecule has 38 heavy (non-hydrogen) atoms. The smallest absolute Gasteiger partial charge is 0.333 e. The highest BCUT2D eigenvalue weighted by molar-refractivity contribution is 6.34. The molecule has 7 nitrogen and oxygen atoms in total. The van der Waals surface area contributed by atoms with Crippen molar-refractivity contribution >= 4 is 35.2 Å². The van der Waals surface area contributed by atoms with E-state index >= 15 is 0 Å². The van der Waals surface area contributed by atoms with Crippen molar-refractivity contribution in [3.05, 3.63) is 63.6 Å². The molecule has 9 heteroatoms. The second-order valence-corrected chi connectivity index (χ2v) is 10.5. The lowest BCUT2D eigenvalue weighted by molar-refractivity contribution is -0.149. The Bertz CT molecular complexity index is 1010.